The standard InChI is InChI=1S/C21H27ClN2O5S/c1-15(16-7-10-18(28-2)11-8-16)23-21(25)6-5-13-24(30(4,26)27)17-9-12-20(29-3)19(22)14-17/h7-12,14-15H,5-6,13H2,1-4H3,(H,23,25). The van der Waals surface area contributed by atoms with Crippen LogP contribution in [-0.4, -0.2) is 41.3 Å². The molecular formula is C21H27ClN2O5S. The molecule has 0 saturated heterocycles. The summed E-state index contributed by atoms with van der Waals surface area (Å²) in [6.07, 6.45) is 1.67. The third kappa shape index (κ3) is 6.53. The predicted molar refractivity (Wildman–Crippen MR) is 119 cm³/mol. The summed E-state index contributed by atoms with van der Waals surface area (Å²) in [5.74, 6) is 1.05. The lowest BCUT2D eigenvalue weighted by Crippen LogP contribution is -2.32. The molecule has 0 radical (unpaired) electrons. The van der Waals surface area contributed by atoms with Gasteiger partial charge < -0.3 is 14.8 Å². The van der Waals surface area contributed by atoms with Crippen LogP contribution in [0.4, 0.5) is 5.69 Å². The Bertz CT molecular complexity index is 964. The van der Waals surface area contributed by atoms with Gasteiger partial charge in [0.25, 0.3) is 0 Å². The fourth-order valence-corrected chi connectivity index (χ4v) is 4.18. The summed E-state index contributed by atoms with van der Waals surface area (Å²) in [5.41, 5.74) is 1.38. The fourth-order valence-electron chi connectivity index (χ4n) is 2.97. The Kier molecular flexibility index (Phi) is 8.37. The molecule has 0 aliphatic carbocycles. The van der Waals surface area contributed by atoms with E-state index in [-0.39, 0.29) is 24.9 Å². The average Bonchev–Trinajstić information content (AvgIpc) is 2.70. The summed E-state index contributed by atoms with van der Waals surface area (Å²) in [4.78, 5) is 12.3. The van der Waals surface area contributed by atoms with Crippen LogP contribution in [0.5, 0.6) is 11.5 Å². The molecule has 0 fully saturated rings. The van der Waals surface area contributed by atoms with Crippen molar-refractivity contribution in [3.05, 3.63) is 53.1 Å². The van der Waals surface area contributed by atoms with Crippen LogP contribution in [0.1, 0.15) is 31.4 Å². The van der Waals surface area contributed by atoms with E-state index in [4.69, 9.17) is 21.1 Å². The van der Waals surface area contributed by atoms with E-state index >= 15 is 0 Å². The molecule has 30 heavy (non-hydrogen) atoms. The van der Waals surface area contributed by atoms with Crippen LogP contribution in [0.25, 0.3) is 0 Å². The van der Waals surface area contributed by atoms with Gasteiger partial charge in [-0.2, -0.15) is 0 Å². The Hall–Kier alpha value is -2.45. The number of ether oxygens (including phenoxy) is 2. The molecular weight excluding hydrogens is 428 g/mol. The molecule has 0 aliphatic heterocycles. The van der Waals surface area contributed by atoms with E-state index in [9.17, 15) is 13.2 Å². The zero-order valence-electron chi connectivity index (χ0n) is 17.5. The van der Waals surface area contributed by atoms with Crippen molar-refractivity contribution in [1.82, 2.24) is 5.32 Å². The lowest BCUT2D eigenvalue weighted by Gasteiger charge is -2.23. The monoisotopic (exact) mass is 454 g/mol. The van der Waals surface area contributed by atoms with Gasteiger partial charge in [-0.15, -0.1) is 0 Å². The predicted octanol–water partition coefficient (Wildman–Crippen LogP) is 3.78. The molecule has 0 saturated carbocycles. The molecule has 0 bridgehead atoms. The van der Waals surface area contributed by atoms with Crippen LogP contribution in [0, 0.1) is 0 Å². The average molecular weight is 455 g/mol. The van der Waals surface area contributed by atoms with Crippen molar-refractivity contribution in [1.29, 1.82) is 0 Å². The van der Waals surface area contributed by atoms with Crippen molar-refractivity contribution in [2.75, 3.05) is 31.3 Å². The van der Waals surface area contributed by atoms with Crippen molar-refractivity contribution < 1.29 is 22.7 Å². The maximum atomic E-state index is 12.3. The first-order chi connectivity index (χ1) is 14.2. The summed E-state index contributed by atoms with van der Waals surface area (Å²) in [6.45, 7) is 2.05. The van der Waals surface area contributed by atoms with Crippen LogP contribution < -0.4 is 19.1 Å². The number of rotatable bonds is 10. The molecule has 1 atom stereocenters. The van der Waals surface area contributed by atoms with Crippen molar-refractivity contribution in [3.8, 4) is 11.5 Å². The maximum absolute atomic E-state index is 12.3. The molecule has 7 nitrogen and oxygen atoms in total. The molecule has 1 unspecified atom stereocenters. The van der Waals surface area contributed by atoms with Crippen LogP contribution in [0.2, 0.25) is 5.02 Å². The van der Waals surface area contributed by atoms with E-state index in [1.165, 1.54) is 17.5 Å². The van der Waals surface area contributed by atoms with Crippen molar-refractivity contribution >= 4 is 33.2 Å². The first-order valence-corrected chi connectivity index (χ1v) is 11.6. The van der Waals surface area contributed by atoms with Crippen molar-refractivity contribution in [3.63, 3.8) is 0 Å². The van der Waals surface area contributed by atoms with Gasteiger partial charge in [0, 0.05) is 13.0 Å². The van der Waals surface area contributed by atoms with Crippen LogP contribution >= 0.6 is 11.6 Å². The van der Waals surface area contributed by atoms with Crippen LogP contribution in [0.15, 0.2) is 42.5 Å². The number of nitrogens with one attached hydrogen (secondary N) is 1. The normalized spacial score (nSPS) is 12.2. The van der Waals surface area contributed by atoms with Crippen molar-refractivity contribution in [2.24, 2.45) is 0 Å². The lowest BCUT2D eigenvalue weighted by molar-refractivity contribution is -0.121. The summed E-state index contributed by atoms with van der Waals surface area (Å²) in [5, 5.41) is 3.24. The van der Waals surface area contributed by atoms with Gasteiger partial charge >= 0.3 is 0 Å². The lowest BCUT2D eigenvalue weighted by atomic mass is 10.1. The molecule has 2 aromatic carbocycles. The third-order valence-corrected chi connectivity index (χ3v) is 6.07. The summed E-state index contributed by atoms with van der Waals surface area (Å²) in [7, 11) is -0.451. The molecule has 9 heteroatoms. The zero-order chi connectivity index (χ0) is 22.3. The second kappa shape index (κ2) is 10.5. The topological polar surface area (TPSA) is 84.9 Å². The second-order valence-electron chi connectivity index (χ2n) is 6.82. The summed E-state index contributed by atoms with van der Waals surface area (Å²) < 4.78 is 35.9. The Labute approximate surface area is 183 Å². The van der Waals surface area contributed by atoms with E-state index in [2.05, 4.69) is 5.32 Å². The quantitative estimate of drug-likeness (QED) is 0.590. The maximum Gasteiger partial charge on any atom is 0.232 e. The number of carbonyl (C=O) groups is 1. The smallest absolute Gasteiger partial charge is 0.232 e. The van der Waals surface area contributed by atoms with Gasteiger partial charge in [-0.25, -0.2) is 8.42 Å². The zero-order valence-corrected chi connectivity index (χ0v) is 19.1. The number of carbonyl (C=O) groups excluding carboxylic acids is 1. The number of methoxy groups -OCH3 is 2. The summed E-state index contributed by atoms with van der Waals surface area (Å²) >= 11 is 6.12. The molecule has 1 amide bonds. The Morgan fingerprint density at radius 1 is 1.13 bits per heavy atom. The van der Waals surface area contributed by atoms with E-state index in [0.29, 0.717) is 22.9 Å². The SMILES string of the molecule is COc1ccc(C(C)NC(=O)CCCN(c2ccc(OC)c(Cl)c2)S(C)(=O)=O)cc1. The minimum absolute atomic E-state index is 0.153. The molecule has 0 aromatic heterocycles. The molecule has 2 aromatic rings. The number of benzene rings is 2. The van der Waals surface area contributed by atoms with E-state index in [0.717, 1.165) is 17.6 Å². The third-order valence-electron chi connectivity index (χ3n) is 4.58. The van der Waals surface area contributed by atoms with Gasteiger partial charge in [0.05, 0.1) is 37.2 Å². The van der Waals surface area contributed by atoms with E-state index in [1.807, 2.05) is 31.2 Å². The number of hydrogen-bond donors (Lipinski definition) is 1. The molecule has 164 valence electrons. The van der Waals surface area contributed by atoms with Gasteiger partial charge in [0.2, 0.25) is 15.9 Å². The van der Waals surface area contributed by atoms with Crippen molar-refractivity contribution in [2.45, 2.75) is 25.8 Å². The highest BCUT2D eigenvalue weighted by Gasteiger charge is 2.19. The number of anilines is 1. The van der Waals surface area contributed by atoms with Gasteiger partial charge in [-0.1, -0.05) is 23.7 Å². The fraction of sp³-hybridized carbons (Fsp3) is 0.381. The highest BCUT2D eigenvalue weighted by Crippen LogP contribution is 2.30. The summed E-state index contributed by atoms with van der Waals surface area (Å²) in [6, 6.07) is 12.0. The van der Waals surface area contributed by atoms with E-state index < -0.39 is 10.0 Å². The molecule has 1 N–H and O–H groups in total. The number of nitrogens with zero attached hydrogens (tertiary/aromatic N) is 1. The second-order valence-corrected chi connectivity index (χ2v) is 9.13. The highest BCUT2D eigenvalue weighted by molar-refractivity contribution is 7.92. The molecule has 2 rings (SSSR count). The van der Waals surface area contributed by atoms with Gasteiger partial charge in [0.1, 0.15) is 11.5 Å². The number of hydrogen-bond acceptors (Lipinski definition) is 5. The molecule has 0 spiro atoms. The number of sulfonamides is 1. The van der Waals surface area contributed by atoms with E-state index in [1.54, 1.807) is 19.2 Å². The van der Waals surface area contributed by atoms with Crippen LogP contribution in [0.3, 0.4) is 0 Å². The Balaban J connectivity index is 1.96. The molecule has 0 aliphatic rings. The van der Waals surface area contributed by atoms with Gasteiger partial charge in [-0.05, 0) is 49.2 Å². The van der Waals surface area contributed by atoms with Gasteiger partial charge in [-0.3, -0.25) is 9.10 Å². The van der Waals surface area contributed by atoms with Gasteiger partial charge in [0.15, 0.2) is 0 Å². The first-order valence-electron chi connectivity index (χ1n) is 9.40. The highest BCUT2D eigenvalue weighted by atomic mass is 35.5. The number of amides is 1. The largest absolute Gasteiger partial charge is 0.497 e. The van der Waals surface area contributed by atoms with Crippen LogP contribution in [-0.2, 0) is 14.8 Å². The minimum Gasteiger partial charge on any atom is -0.497 e. The molecule has 0 heterocycles. The number of halogens is 1. The Morgan fingerprint density at radius 2 is 1.80 bits per heavy atom. The minimum atomic E-state index is -3.53. The first kappa shape index (κ1) is 23.8. The Morgan fingerprint density at radius 3 is 2.33 bits per heavy atom.